The fourth-order valence-corrected chi connectivity index (χ4v) is 3.26. The Morgan fingerprint density at radius 3 is 2.43 bits per heavy atom. The van der Waals surface area contributed by atoms with E-state index in [2.05, 4.69) is 45.9 Å². The van der Waals surface area contributed by atoms with Crippen molar-refractivity contribution < 1.29 is 0 Å². The molecule has 0 atom stereocenters. The number of fused-ring (bicyclic) bond motifs is 1. The summed E-state index contributed by atoms with van der Waals surface area (Å²) >= 11 is 6.40. The first-order chi connectivity index (χ1) is 10.2. The molecule has 112 valence electrons. The third kappa shape index (κ3) is 3.13. The third-order valence-corrected chi connectivity index (χ3v) is 4.25. The van der Waals surface area contributed by atoms with Crippen LogP contribution in [0.3, 0.4) is 0 Å². The molecular formula is C19H24ClN. The van der Waals surface area contributed by atoms with Crippen LogP contribution in [0.4, 0.5) is 0 Å². The summed E-state index contributed by atoms with van der Waals surface area (Å²) in [6, 6.07) is 4.18. The Kier molecular flexibility index (Phi) is 5.41. The number of nitrogens with zero attached hydrogens (tertiary/aromatic N) is 1. The molecule has 0 aliphatic rings. The minimum absolute atomic E-state index is 0.816. The normalized spacial score (nSPS) is 12.1. The quantitative estimate of drug-likeness (QED) is 0.639. The largest absolute Gasteiger partial charge is 0.260 e. The summed E-state index contributed by atoms with van der Waals surface area (Å²) in [6.07, 6.45) is 8.33. The molecule has 0 bridgehead atoms. The van der Waals surface area contributed by atoms with Crippen molar-refractivity contribution in [2.75, 3.05) is 0 Å². The van der Waals surface area contributed by atoms with Crippen molar-refractivity contribution in [1.29, 1.82) is 0 Å². The predicted octanol–water partition coefficient (Wildman–Crippen LogP) is 6.22. The third-order valence-electron chi connectivity index (χ3n) is 4.03. The van der Waals surface area contributed by atoms with Crippen LogP contribution in [-0.4, -0.2) is 4.98 Å². The van der Waals surface area contributed by atoms with Crippen LogP contribution in [0.2, 0.25) is 5.02 Å². The number of pyridine rings is 1. The first-order valence-electron chi connectivity index (χ1n) is 7.95. The molecule has 0 unspecified atom stereocenters. The summed E-state index contributed by atoms with van der Waals surface area (Å²) in [4.78, 5) is 4.69. The number of allylic oxidation sites excluding steroid dienone is 2. The highest BCUT2D eigenvalue weighted by atomic mass is 35.5. The molecule has 1 nitrogen and oxygen atoms in total. The van der Waals surface area contributed by atoms with Crippen molar-refractivity contribution in [2.24, 2.45) is 0 Å². The summed E-state index contributed by atoms with van der Waals surface area (Å²) in [6.45, 7) is 8.72. The Labute approximate surface area is 133 Å². The highest BCUT2D eigenvalue weighted by Gasteiger charge is 2.12. The Balaban J connectivity index is 2.82. The van der Waals surface area contributed by atoms with E-state index in [0.717, 1.165) is 30.7 Å². The smallest absolute Gasteiger partial charge is 0.0439 e. The maximum absolute atomic E-state index is 6.40. The molecule has 0 N–H and O–H groups in total. The zero-order chi connectivity index (χ0) is 15.4. The minimum Gasteiger partial charge on any atom is -0.260 e. The molecule has 0 aliphatic heterocycles. The molecule has 1 heterocycles. The second-order valence-corrected chi connectivity index (χ2v) is 5.73. The lowest BCUT2D eigenvalue weighted by Gasteiger charge is -2.15. The maximum atomic E-state index is 6.40. The van der Waals surface area contributed by atoms with E-state index in [1.54, 1.807) is 0 Å². The second-order valence-electron chi connectivity index (χ2n) is 5.30. The first-order valence-corrected chi connectivity index (χ1v) is 8.33. The van der Waals surface area contributed by atoms with E-state index in [9.17, 15) is 0 Å². The van der Waals surface area contributed by atoms with Gasteiger partial charge in [0.25, 0.3) is 0 Å². The fourth-order valence-electron chi connectivity index (χ4n) is 3.04. The molecule has 2 rings (SSSR count). The molecule has 0 saturated carbocycles. The van der Waals surface area contributed by atoms with Gasteiger partial charge in [0.05, 0.1) is 0 Å². The number of aryl methyl sites for hydroxylation is 2. The van der Waals surface area contributed by atoms with Crippen molar-refractivity contribution in [3.8, 4) is 0 Å². The van der Waals surface area contributed by atoms with E-state index in [4.69, 9.17) is 16.6 Å². The summed E-state index contributed by atoms with van der Waals surface area (Å²) in [5.74, 6) is 0. The molecule has 0 spiro atoms. The SMILES string of the molecule is CC/C=C(\CC)c1cc(Cl)cc2c(CC)c(CC)ncc12. The van der Waals surface area contributed by atoms with Gasteiger partial charge in [-0.3, -0.25) is 4.98 Å². The van der Waals surface area contributed by atoms with Crippen LogP contribution >= 0.6 is 11.6 Å². The molecule has 2 aromatic rings. The average molecular weight is 302 g/mol. The Morgan fingerprint density at radius 2 is 1.86 bits per heavy atom. The van der Waals surface area contributed by atoms with Gasteiger partial charge in [-0.25, -0.2) is 0 Å². The van der Waals surface area contributed by atoms with Gasteiger partial charge in [0, 0.05) is 22.3 Å². The molecule has 0 radical (unpaired) electrons. The van der Waals surface area contributed by atoms with E-state index < -0.39 is 0 Å². The van der Waals surface area contributed by atoms with Gasteiger partial charge in [0.1, 0.15) is 0 Å². The van der Waals surface area contributed by atoms with E-state index >= 15 is 0 Å². The van der Waals surface area contributed by atoms with E-state index in [1.807, 2.05) is 6.20 Å². The molecule has 0 amide bonds. The van der Waals surface area contributed by atoms with Crippen LogP contribution in [0.25, 0.3) is 16.3 Å². The monoisotopic (exact) mass is 301 g/mol. The van der Waals surface area contributed by atoms with Crippen LogP contribution in [0.1, 0.15) is 57.4 Å². The molecule has 0 aliphatic carbocycles. The lowest BCUT2D eigenvalue weighted by molar-refractivity contribution is 0.979. The predicted molar refractivity (Wildman–Crippen MR) is 94.1 cm³/mol. The molecule has 2 heteroatoms. The lowest BCUT2D eigenvalue weighted by atomic mass is 9.93. The van der Waals surface area contributed by atoms with Crippen LogP contribution in [0.15, 0.2) is 24.4 Å². The van der Waals surface area contributed by atoms with Crippen molar-refractivity contribution in [2.45, 2.75) is 53.4 Å². The molecular weight excluding hydrogens is 278 g/mol. The second kappa shape index (κ2) is 7.09. The number of hydrogen-bond acceptors (Lipinski definition) is 1. The van der Waals surface area contributed by atoms with Gasteiger partial charge in [0.15, 0.2) is 0 Å². The number of hydrogen-bond donors (Lipinski definition) is 0. The van der Waals surface area contributed by atoms with Crippen LogP contribution in [0, 0.1) is 0 Å². The van der Waals surface area contributed by atoms with Crippen LogP contribution < -0.4 is 0 Å². The van der Waals surface area contributed by atoms with Gasteiger partial charge in [-0.15, -0.1) is 0 Å². The van der Waals surface area contributed by atoms with E-state index in [0.29, 0.717) is 0 Å². The topological polar surface area (TPSA) is 12.9 Å². The van der Waals surface area contributed by atoms with E-state index in [1.165, 1.54) is 33.2 Å². The fraction of sp³-hybridized carbons (Fsp3) is 0.421. The summed E-state index contributed by atoms with van der Waals surface area (Å²) in [5.41, 5.74) is 5.13. The molecule has 1 aromatic heterocycles. The van der Waals surface area contributed by atoms with Gasteiger partial charge >= 0.3 is 0 Å². The number of aromatic nitrogens is 1. The minimum atomic E-state index is 0.816. The zero-order valence-electron chi connectivity index (χ0n) is 13.5. The Hall–Kier alpha value is -1.34. The molecule has 1 aromatic carbocycles. The molecule has 21 heavy (non-hydrogen) atoms. The van der Waals surface area contributed by atoms with Crippen molar-refractivity contribution in [1.82, 2.24) is 4.98 Å². The number of rotatable bonds is 5. The van der Waals surface area contributed by atoms with Gasteiger partial charge < -0.3 is 0 Å². The number of halogens is 1. The lowest BCUT2D eigenvalue weighted by Crippen LogP contribution is -1.99. The number of benzene rings is 1. The first kappa shape index (κ1) is 16.0. The highest BCUT2D eigenvalue weighted by molar-refractivity contribution is 6.31. The summed E-state index contributed by atoms with van der Waals surface area (Å²) in [5, 5.41) is 3.31. The standard InChI is InChI=1S/C19H24ClN/c1-5-9-13(6-2)16-10-14(20)11-17-15(7-3)19(8-4)21-12-18(16)17/h9-12H,5-8H2,1-4H3/b13-9+. The molecule has 0 saturated heterocycles. The van der Waals surface area contributed by atoms with Crippen molar-refractivity contribution in [3.05, 3.63) is 46.2 Å². The van der Waals surface area contributed by atoms with Crippen molar-refractivity contribution in [3.63, 3.8) is 0 Å². The average Bonchev–Trinajstić information content (AvgIpc) is 2.50. The van der Waals surface area contributed by atoms with Gasteiger partial charge in [0.2, 0.25) is 0 Å². The Morgan fingerprint density at radius 1 is 1.10 bits per heavy atom. The highest BCUT2D eigenvalue weighted by Crippen LogP contribution is 2.33. The van der Waals surface area contributed by atoms with Crippen LogP contribution in [0.5, 0.6) is 0 Å². The van der Waals surface area contributed by atoms with Crippen LogP contribution in [-0.2, 0) is 12.8 Å². The van der Waals surface area contributed by atoms with Crippen molar-refractivity contribution >= 4 is 27.9 Å². The maximum Gasteiger partial charge on any atom is 0.0439 e. The van der Waals surface area contributed by atoms with Gasteiger partial charge in [-0.2, -0.15) is 0 Å². The van der Waals surface area contributed by atoms with Gasteiger partial charge in [-0.05, 0) is 59.9 Å². The van der Waals surface area contributed by atoms with E-state index in [-0.39, 0.29) is 0 Å². The zero-order valence-corrected chi connectivity index (χ0v) is 14.2. The van der Waals surface area contributed by atoms with Gasteiger partial charge in [-0.1, -0.05) is 45.4 Å². The summed E-state index contributed by atoms with van der Waals surface area (Å²) in [7, 11) is 0. The Bertz CT molecular complexity index is 671. The molecule has 0 fully saturated rings. The summed E-state index contributed by atoms with van der Waals surface area (Å²) < 4.78 is 0.